The number of aryl methyl sites for hydroxylation is 2. The number of hydrogen-bond donors (Lipinski definition) is 1. The maximum Gasteiger partial charge on any atom is 0.270 e. The van der Waals surface area contributed by atoms with E-state index in [4.69, 9.17) is 4.74 Å². The van der Waals surface area contributed by atoms with Gasteiger partial charge in [0.05, 0.1) is 9.82 Å². The molecule has 0 amide bonds. The molecule has 0 aliphatic carbocycles. The maximum atomic E-state index is 12.9. The van der Waals surface area contributed by atoms with Gasteiger partial charge in [0, 0.05) is 44.9 Å². The predicted octanol–water partition coefficient (Wildman–Crippen LogP) is 2.27. The number of β-amino-alcohol motifs (C(OH)–C–C–N with tert-alkyl or cyclic N) is 1. The molecule has 0 radical (unpaired) electrons. The Balaban J connectivity index is 1.54. The second-order valence-corrected chi connectivity index (χ2v) is 10.0. The monoisotopic (exact) mass is 463 g/mol. The molecule has 1 aliphatic rings. The predicted molar refractivity (Wildman–Crippen MR) is 120 cm³/mol. The van der Waals surface area contributed by atoms with Crippen molar-refractivity contribution in [2.75, 3.05) is 39.3 Å². The first-order valence-electron chi connectivity index (χ1n) is 10.4. The fourth-order valence-corrected chi connectivity index (χ4v) is 5.20. The molecule has 1 heterocycles. The molecule has 1 saturated heterocycles. The summed E-state index contributed by atoms with van der Waals surface area (Å²) < 4.78 is 32.9. The van der Waals surface area contributed by atoms with Gasteiger partial charge in [-0.05, 0) is 43.5 Å². The number of rotatable bonds is 8. The highest BCUT2D eigenvalue weighted by molar-refractivity contribution is 7.89. The van der Waals surface area contributed by atoms with Gasteiger partial charge in [0.15, 0.2) is 0 Å². The number of piperazine rings is 1. The summed E-state index contributed by atoms with van der Waals surface area (Å²) in [6, 6.07) is 9.11. The van der Waals surface area contributed by atoms with Crippen LogP contribution in [0, 0.1) is 30.9 Å². The third-order valence-corrected chi connectivity index (χ3v) is 7.65. The molecule has 0 aromatic heterocycles. The first-order valence-corrected chi connectivity index (χ1v) is 11.9. The Morgan fingerprint density at radius 3 is 2.41 bits per heavy atom. The van der Waals surface area contributed by atoms with E-state index in [2.05, 4.69) is 0 Å². The summed E-state index contributed by atoms with van der Waals surface area (Å²) >= 11 is 0. The number of ether oxygens (including phenoxy) is 1. The van der Waals surface area contributed by atoms with Crippen LogP contribution >= 0.6 is 0 Å². The molecule has 0 spiro atoms. The van der Waals surface area contributed by atoms with Crippen LogP contribution in [0.15, 0.2) is 41.3 Å². The summed E-state index contributed by atoms with van der Waals surface area (Å²) in [7, 11) is -3.81. The summed E-state index contributed by atoms with van der Waals surface area (Å²) in [6.07, 6.45) is -0.714. The summed E-state index contributed by atoms with van der Waals surface area (Å²) in [5.41, 5.74) is 2.94. The lowest BCUT2D eigenvalue weighted by atomic mass is 10.1. The lowest BCUT2D eigenvalue weighted by Crippen LogP contribution is -2.50. The number of nitro benzene ring substituents is 1. The number of nitrogens with zero attached hydrogens (tertiary/aromatic N) is 3. The van der Waals surface area contributed by atoms with Crippen LogP contribution in [-0.4, -0.2) is 73.1 Å². The van der Waals surface area contributed by atoms with E-state index >= 15 is 0 Å². The fraction of sp³-hybridized carbons (Fsp3) is 0.455. The van der Waals surface area contributed by atoms with Crippen LogP contribution in [0.2, 0.25) is 0 Å². The fourth-order valence-electron chi connectivity index (χ4n) is 3.74. The first kappa shape index (κ1) is 24.1. The number of aliphatic hydroxyl groups excluding tert-OH is 1. The number of sulfonamides is 1. The largest absolute Gasteiger partial charge is 0.490 e. The number of benzene rings is 2. The van der Waals surface area contributed by atoms with E-state index in [9.17, 15) is 23.6 Å². The quantitative estimate of drug-likeness (QED) is 0.472. The molecule has 9 nitrogen and oxygen atoms in total. The average Bonchev–Trinajstić information content (AvgIpc) is 2.77. The van der Waals surface area contributed by atoms with Crippen molar-refractivity contribution in [3.8, 4) is 5.75 Å². The van der Waals surface area contributed by atoms with Gasteiger partial charge in [0.1, 0.15) is 18.5 Å². The van der Waals surface area contributed by atoms with E-state index in [1.807, 2.05) is 37.8 Å². The van der Waals surface area contributed by atoms with E-state index in [-0.39, 0.29) is 30.3 Å². The minimum absolute atomic E-state index is 0.0857. The van der Waals surface area contributed by atoms with Crippen molar-refractivity contribution in [2.24, 2.45) is 0 Å². The van der Waals surface area contributed by atoms with Gasteiger partial charge in [0.2, 0.25) is 10.0 Å². The Morgan fingerprint density at radius 2 is 1.75 bits per heavy atom. The van der Waals surface area contributed by atoms with Gasteiger partial charge in [-0.1, -0.05) is 18.2 Å². The molecule has 1 N–H and O–H groups in total. The second kappa shape index (κ2) is 9.95. The molecule has 2 aromatic carbocycles. The van der Waals surface area contributed by atoms with E-state index < -0.39 is 21.1 Å². The molecule has 3 rings (SSSR count). The van der Waals surface area contributed by atoms with Crippen LogP contribution in [0.3, 0.4) is 0 Å². The van der Waals surface area contributed by atoms with E-state index in [0.29, 0.717) is 19.6 Å². The standard InChI is InChI=1S/C22H29N3O6S/c1-16-7-8-17(2)22(18(16)3)31-15-20(26)14-23-9-11-24(12-10-23)32(29,30)21-6-4-5-19(13-21)25(27)28/h4-8,13,20,26H,9-12,14-15H2,1-3H3. The van der Waals surface area contributed by atoms with Crippen LogP contribution in [0.25, 0.3) is 0 Å². The minimum atomic E-state index is -3.81. The van der Waals surface area contributed by atoms with Crippen molar-refractivity contribution < 1.29 is 23.2 Å². The van der Waals surface area contributed by atoms with Crippen LogP contribution in [-0.2, 0) is 10.0 Å². The van der Waals surface area contributed by atoms with Crippen molar-refractivity contribution in [1.82, 2.24) is 9.21 Å². The Bertz CT molecular complexity index is 1080. The van der Waals surface area contributed by atoms with Crippen LogP contribution in [0.5, 0.6) is 5.75 Å². The van der Waals surface area contributed by atoms with Crippen molar-refractivity contribution in [1.29, 1.82) is 0 Å². The van der Waals surface area contributed by atoms with Gasteiger partial charge in [-0.15, -0.1) is 0 Å². The number of aliphatic hydroxyl groups is 1. The second-order valence-electron chi connectivity index (χ2n) is 8.08. The summed E-state index contributed by atoms with van der Waals surface area (Å²) in [4.78, 5) is 12.2. The van der Waals surface area contributed by atoms with Crippen LogP contribution in [0.1, 0.15) is 16.7 Å². The molecule has 32 heavy (non-hydrogen) atoms. The van der Waals surface area contributed by atoms with Crippen molar-refractivity contribution >= 4 is 15.7 Å². The Kier molecular flexibility index (Phi) is 7.50. The third-order valence-electron chi connectivity index (χ3n) is 5.76. The molecular weight excluding hydrogens is 434 g/mol. The van der Waals surface area contributed by atoms with Gasteiger partial charge in [-0.3, -0.25) is 15.0 Å². The Morgan fingerprint density at radius 1 is 1.09 bits per heavy atom. The summed E-state index contributed by atoms with van der Waals surface area (Å²) in [6.45, 7) is 7.89. The van der Waals surface area contributed by atoms with Gasteiger partial charge < -0.3 is 9.84 Å². The lowest BCUT2D eigenvalue weighted by molar-refractivity contribution is -0.385. The molecule has 10 heteroatoms. The van der Waals surface area contributed by atoms with Crippen LogP contribution in [0.4, 0.5) is 5.69 Å². The maximum absolute atomic E-state index is 12.9. The summed E-state index contributed by atoms with van der Waals surface area (Å²) in [5, 5.41) is 21.4. The van der Waals surface area contributed by atoms with E-state index in [1.165, 1.54) is 22.5 Å². The molecule has 0 bridgehead atoms. The molecule has 0 saturated carbocycles. The van der Waals surface area contributed by atoms with Gasteiger partial charge >= 0.3 is 0 Å². The number of nitro groups is 1. The topological polar surface area (TPSA) is 113 Å². The van der Waals surface area contributed by atoms with Crippen LogP contribution < -0.4 is 4.74 Å². The van der Waals surface area contributed by atoms with Gasteiger partial charge in [-0.25, -0.2) is 8.42 Å². The van der Waals surface area contributed by atoms with Crippen molar-refractivity contribution in [2.45, 2.75) is 31.8 Å². The highest BCUT2D eigenvalue weighted by Gasteiger charge is 2.30. The molecule has 1 aliphatic heterocycles. The smallest absolute Gasteiger partial charge is 0.270 e. The first-order chi connectivity index (χ1) is 15.1. The SMILES string of the molecule is Cc1ccc(C)c(OCC(O)CN2CCN(S(=O)(=O)c3cccc([N+](=O)[O-])c3)CC2)c1C. The van der Waals surface area contributed by atoms with Crippen molar-refractivity contribution in [3.05, 3.63) is 63.2 Å². The third kappa shape index (κ3) is 5.44. The molecule has 1 fully saturated rings. The average molecular weight is 464 g/mol. The lowest BCUT2D eigenvalue weighted by Gasteiger charge is -2.34. The van der Waals surface area contributed by atoms with Crippen molar-refractivity contribution in [3.63, 3.8) is 0 Å². The number of non-ortho nitro benzene ring substituents is 1. The normalized spacial score (nSPS) is 16.6. The molecule has 1 atom stereocenters. The zero-order chi connectivity index (χ0) is 23.5. The number of hydrogen-bond acceptors (Lipinski definition) is 7. The zero-order valence-corrected chi connectivity index (χ0v) is 19.3. The van der Waals surface area contributed by atoms with E-state index in [1.54, 1.807) is 0 Å². The molecule has 174 valence electrons. The Hall–Kier alpha value is -2.53. The Labute approximate surface area is 188 Å². The minimum Gasteiger partial charge on any atom is -0.490 e. The highest BCUT2D eigenvalue weighted by atomic mass is 32.2. The molecule has 1 unspecified atom stereocenters. The zero-order valence-electron chi connectivity index (χ0n) is 18.5. The van der Waals surface area contributed by atoms with E-state index in [0.717, 1.165) is 28.5 Å². The summed E-state index contributed by atoms with van der Waals surface area (Å²) in [5.74, 6) is 0.789. The highest BCUT2D eigenvalue weighted by Crippen LogP contribution is 2.26. The van der Waals surface area contributed by atoms with Gasteiger partial charge in [0.25, 0.3) is 5.69 Å². The van der Waals surface area contributed by atoms with Gasteiger partial charge in [-0.2, -0.15) is 4.31 Å². The molecule has 2 aromatic rings. The molecular formula is C22H29N3O6S.